The Labute approximate surface area is 127 Å². The molecule has 0 bridgehead atoms. The fourth-order valence-electron chi connectivity index (χ4n) is 1.63. The van der Waals surface area contributed by atoms with Crippen LogP contribution in [0.15, 0.2) is 29.2 Å². The summed E-state index contributed by atoms with van der Waals surface area (Å²) in [7, 11) is -3.53. The molecule has 0 heterocycles. The van der Waals surface area contributed by atoms with Crippen molar-refractivity contribution in [2.75, 3.05) is 13.2 Å². The Bertz CT molecular complexity index is 511. The van der Waals surface area contributed by atoms with Crippen LogP contribution in [0.25, 0.3) is 0 Å². The van der Waals surface area contributed by atoms with Gasteiger partial charge in [-0.2, -0.15) is 0 Å². The average molecular weight is 315 g/mol. The zero-order chi connectivity index (χ0) is 15.9. The Kier molecular flexibility index (Phi) is 7.14. The smallest absolute Gasteiger partial charge is 0.240 e. The lowest BCUT2D eigenvalue weighted by molar-refractivity contribution is 0.162. The zero-order valence-corrected chi connectivity index (χ0v) is 13.7. The molecule has 1 atom stereocenters. The molecule has 0 aliphatic rings. The van der Waals surface area contributed by atoms with Crippen LogP contribution in [0.3, 0.4) is 0 Å². The van der Waals surface area contributed by atoms with Gasteiger partial charge in [-0.3, -0.25) is 0 Å². The number of benzene rings is 1. The highest BCUT2D eigenvalue weighted by Crippen LogP contribution is 2.16. The first-order valence-corrected chi connectivity index (χ1v) is 8.74. The van der Waals surface area contributed by atoms with Crippen LogP contribution in [-0.2, 0) is 10.0 Å². The van der Waals surface area contributed by atoms with Crippen LogP contribution in [-0.4, -0.2) is 32.8 Å². The molecule has 0 aliphatic heterocycles. The Morgan fingerprint density at radius 1 is 1.24 bits per heavy atom. The highest BCUT2D eigenvalue weighted by Gasteiger charge is 2.14. The summed E-state index contributed by atoms with van der Waals surface area (Å²) < 4.78 is 32.1. The lowest BCUT2D eigenvalue weighted by Gasteiger charge is -2.11. The third-order valence-corrected chi connectivity index (χ3v) is 4.44. The van der Waals surface area contributed by atoms with Gasteiger partial charge >= 0.3 is 0 Å². The summed E-state index contributed by atoms with van der Waals surface area (Å²) in [6.07, 6.45) is 0.550. The number of aliphatic hydroxyl groups is 1. The van der Waals surface area contributed by atoms with Crippen LogP contribution in [0.4, 0.5) is 0 Å². The molecule has 0 saturated carbocycles. The third kappa shape index (κ3) is 6.46. The number of hydrogen-bond donors (Lipinski definition) is 2. The summed E-state index contributed by atoms with van der Waals surface area (Å²) in [6.45, 7) is 6.78. The number of hydrogen-bond acceptors (Lipinski definition) is 4. The molecule has 0 amide bonds. The normalized spacial score (nSPS) is 13.4. The van der Waals surface area contributed by atoms with Crippen LogP contribution < -0.4 is 9.46 Å². The Morgan fingerprint density at radius 3 is 2.38 bits per heavy atom. The van der Waals surface area contributed by atoms with Crippen molar-refractivity contribution in [2.24, 2.45) is 5.92 Å². The van der Waals surface area contributed by atoms with Gasteiger partial charge in [0, 0.05) is 6.54 Å². The van der Waals surface area contributed by atoms with Crippen LogP contribution in [0.5, 0.6) is 5.75 Å². The maximum Gasteiger partial charge on any atom is 0.240 e. The highest BCUT2D eigenvalue weighted by atomic mass is 32.2. The molecule has 1 unspecified atom stereocenters. The van der Waals surface area contributed by atoms with E-state index >= 15 is 0 Å². The molecule has 5 nitrogen and oxygen atoms in total. The Morgan fingerprint density at radius 2 is 1.86 bits per heavy atom. The molecule has 6 heteroatoms. The second-order valence-electron chi connectivity index (χ2n) is 5.42. The van der Waals surface area contributed by atoms with Gasteiger partial charge in [-0.25, -0.2) is 13.1 Å². The summed E-state index contributed by atoms with van der Waals surface area (Å²) in [6, 6.07) is 6.35. The molecule has 120 valence electrons. The summed E-state index contributed by atoms with van der Waals surface area (Å²) in [4.78, 5) is 0.199. The van der Waals surface area contributed by atoms with E-state index in [0.29, 0.717) is 31.1 Å². The van der Waals surface area contributed by atoms with Gasteiger partial charge < -0.3 is 9.84 Å². The molecule has 0 fully saturated rings. The van der Waals surface area contributed by atoms with E-state index in [4.69, 9.17) is 4.74 Å². The standard InChI is InChI=1S/C15H25NO4S/c1-4-13(17)9-10-16-21(18,19)15-7-5-14(6-8-15)20-11-12(2)3/h5-8,12-13,16-17H,4,9-11H2,1-3H3. The van der Waals surface area contributed by atoms with Crippen molar-refractivity contribution < 1.29 is 18.3 Å². The fraction of sp³-hybridized carbons (Fsp3) is 0.600. The van der Waals surface area contributed by atoms with Gasteiger partial charge in [-0.15, -0.1) is 0 Å². The molecule has 2 N–H and O–H groups in total. The van der Waals surface area contributed by atoms with Crippen LogP contribution in [0, 0.1) is 5.92 Å². The maximum atomic E-state index is 12.0. The van der Waals surface area contributed by atoms with Gasteiger partial charge in [0.05, 0.1) is 17.6 Å². The zero-order valence-electron chi connectivity index (χ0n) is 12.9. The Hall–Kier alpha value is -1.11. The number of sulfonamides is 1. The van der Waals surface area contributed by atoms with E-state index in [1.807, 2.05) is 20.8 Å². The average Bonchev–Trinajstić information content (AvgIpc) is 2.45. The molecule has 0 radical (unpaired) electrons. The van der Waals surface area contributed by atoms with Crippen molar-refractivity contribution in [2.45, 2.75) is 44.6 Å². The molecule has 0 aromatic heterocycles. The van der Waals surface area contributed by atoms with E-state index in [1.165, 1.54) is 12.1 Å². The van der Waals surface area contributed by atoms with E-state index in [1.54, 1.807) is 12.1 Å². The summed E-state index contributed by atoms with van der Waals surface area (Å²) in [5, 5.41) is 9.41. The van der Waals surface area contributed by atoms with Crippen LogP contribution >= 0.6 is 0 Å². The second-order valence-corrected chi connectivity index (χ2v) is 7.19. The molecule has 0 aliphatic carbocycles. The number of rotatable bonds is 9. The SMILES string of the molecule is CCC(O)CCNS(=O)(=O)c1ccc(OCC(C)C)cc1. The monoisotopic (exact) mass is 315 g/mol. The minimum absolute atomic E-state index is 0.199. The largest absolute Gasteiger partial charge is 0.493 e. The summed E-state index contributed by atoms with van der Waals surface area (Å²) in [5.74, 6) is 1.07. The van der Waals surface area contributed by atoms with Crippen molar-refractivity contribution in [3.63, 3.8) is 0 Å². The van der Waals surface area contributed by atoms with Gasteiger partial charge in [0.2, 0.25) is 10.0 Å². The molecule has 1 aromatic carbocycles. The van der Waals surface area contributed by atoms with Crippen molar-refractivity contribution in [3.05, 3.63) is 24.3 Å². The lowest BCUT2D eigenvalue weighted by Crippen LogP contribution is -2.27. The second kappa shape index (κ2) is 8.36. The lowest BCUT2D eigenvalue weighted by atomic mass is 10.2. The fourth-order valence-corrected chi connectivity index (χ4v) is 2.67. The quantitative estimate of drug-likeness (QED) is 0.732. The van der Waals surface area contributed by atoms with E-state index < -0.39 is 16.1 Å². The van der Waals surface area contributed by atoms with Gasteiger partial charge in [0.1, 0.15) is 5.75 Å². The van der Waals surface area contributed by atoms with Gasteiger partial charge in [-0.1, -0.05) is 20.8 Å². The molecule has 21 heavy (non-hydrogen) atoms. The molecule has 1 aromatic rings. The number of ether oxygens (including phenoxy) is 1. The van der Waals surface area contributed by atoms with Gasteiger partial charge in [0.15, 0.2) is 0 Å². The molecule has 0 saturated heterocycles. The maximum absolute atomic E-state index is 12.0. The predicted molar refractivity (Wildman–Crippen MR) is 82.9 cm³/mol. The van der Waals surface area contributed by atoms with E-state index in [2.05, 4.69) is 4.72 Å². The minimum atomic E-state index is -3.53. The van der Waals surface area contributed by atoms with Crippen molar-refractivity contribution in [3.8, 4) is 5.75 Å². The first kappa shape index (κ1) is 17.9. The predicted octanol–water partition coefficient (Wildman–Crippen LogP) is 2.16. The molecular weight excluding hydrogens is 290 g/mol. The van der Waals surface area contributed by atoms with Crippen molar-refractivity contribution in [1.29, 1.82) is 0 Å². The minimum Gasteiger partial charge on any atom is -0.493 e. The topological polar surface area (TPSA) is 75.6 Å². The molecule has 1 rings (SSSR count). The first-order chi connectivity index (χ1) is 9.85. The van der Waals surface area contributed by atoms with Crippen molar-refractivity contribution >= 4 is 10.0 Å². The Balaban J connectivity index is 2.58. The van der Waals surface area contributed by atoms with Crippen LogP contribution in [0.2, 0.25) is 0 Å². The number of aliphatic hydroxyl groups excluding tert-OH is 1. The van der Waals surface area contributed by atoms with Gasteiger partial charge in [-0.05, 0) is 43.0 Å². The first-order valence-electron chi connectivity index (χ1n) is 7.25. The van der Waals surface area contributed by atoms with E-state index in [-0.39, 0.29) is 11.4 Å². The third-order valence-electron chi connectivity index (χ3n) is 2.96. The number of nitrogens with one attached hydrogen (secondary N) is 1. The van der Waals surface area contributed by atoms with Gasteiger partial charge in [0.25, 0.3) is 0 Å². The van der Waals surface area contributed by atoms with Crippen LogP contribution in [0.1, 0.15) is 33.6 Å². The summed E-state index contributed by atoms with van der Waals surface area (Å²) in [5.41, 5.74) is 0. The molecular formula is C15H25NO4S. The molecule has 0 spiro atoms. The highest BCUT2D eigenvalue weighted by molar-refractivity contribution is 7.89. The van der Waals surface area contributed by atoms with E-state index in [0.717, 1.165) is 0 Å². The van der Waals surface area contributed by atoms with E-state index in [9.17, 15) is 13.5 Å². The summed E-state index contributed by atoms with van der Waals surface area (Å²) >= 11 is 0. The van der Waals surface area contributed by atoms with Crippen molar-refractivity contribution in [1.82, 2.24) is 4.72 Å².